The maximum absolute atomic E-state index is 13.3. The zero-order chi connectivity index (χ0) is 20.4. The number of methoxy groups -OCH3 is 1. The Kier molecular flexibility index (Phi) is 5.19. The first-order chi connectivity index (χ1) is 14.1. The molecule has 4 rings (SSSR count). The molecule has 0 N–H and O–H groups in total. The molecule has 0 fully saturated rings. The Morgan fingerprint density at radius 1 is 0.897 bits per heavy atom. The summed E-state index contributed by atoms with van der Waals surface area (Å²) < 4.78 is 5.17. The number of rotatable bonds is 4. The number of hydrogen-bond donors (Lipinski definition) is 0. The fraction of sp³-hybridized carbons (Fsp3) is 0.0833. The highest BCUT2D eigenvalue weighted by Crippen LogP contribution is 2.31. The molecule has 2 amide bonds. The molecule has 0 bridgehead atoms. The third kappa shape index (κ3) is 3.80. The Balaban J connectivity index is 1.76. The van der Waals surface area contributed by atoms with E-state index in [1.165, 1.54) is 4.90 Å². The highest BCUT2D eigenvalue weighted by Gasteiger charge is 2.34. The van der Waals surface area contributed by atoms with E-state index in [1.54, 1.807) is 43.5 Å². The number of fused-ring (bicyclic) bond motifs is 1. The second kappa shape index (κ2) is 7.94. The number of nitrogens with zero attached hydrogens (tertiary/aromatic N) is 1. The molecule has 0 spiro atoms. The normalized spacial score (nSPS) is 14.8. The summed E-state index contributed by atoms with van der Waals surface area (Å²) in [6, 6.07) is 21.8. The smallest absolute Gasteiger partial charge is 0.261 e. The van der Waals surface area contributed by atoms with Gasteiger partial charge in [0.25, 0.3) is 11.8 Å². The van der Waals surface area contributed by atoms with Crippen LogP contribution in [0.15, 0.2) is 72.8 Å². The van der Waals surface area contributed by atoms with Crippen molar-refractivity contribution in [1.29, 1.82) is 0 Å². The second-order valence-corrected chi connectivity index (χ2v) is 7.14. The van der Waals surface area contributed by atoms with Crippen molar-refractivity contribution in [3.8, 4) is 5.75 Å². The van der Waals surface area contributed by atoms with Gasteiger partial charge in [0.05, 0.1) is 13.7 Å². The molecule has 0 radical (unpaired) electrons. The van der Waals surface area contributed by atoms with E-state index in [9.17, 15) is 9.59 Å². The van der Waals surface area contributed by atoms with Crippen LogP contribution in [0.25, 0.3) is 11.6 Å². The molecule has 0 saturated carbocycles. The number of halogens is 1. The number of amides is 2. The fourth-order valence-corrected chi connectivity index (χ4v) is 3.56. The molecule has 29 heavy (non-hydrogen) atoms. The highest BCUT2D eigenvalue weighted by atomic mass is 35.5. The van der Waals surface area contributed by atoms with Gasteiger partial charge in [-0.3, -0.25) is 14.5 Å². The molecule has 3 aromatic rings. The van der Waals surface area contributed by atoms with E-state index in [0.29, 0.717) is 21.7 Å². The van der Waals surface area contributed by atoms with Gasteiger partial charge in [-0.05, 0) is 53.1 Å². The van der Waals surface area contributed by atoms with E-state index in [0.717, 1.165) is 16.9 Å². The third-order valence-corrected chi connectivity index (χ3v) is 5.06. The Bertz CT molecular complexity index is 1120. The predicted molar refractivity (Wildman–Crippen MR) is 114 cm³/mol. The van der Waals surface area contributed by atoms with Gasteiger partial charge in [0.15, 0.2) is 0 Å². The molecule has 1 aliphatic heterocycles. The summed E-state index contributed by atoms with van der Waals surface area (Å²) >= 11 is 6.09. The lowest BCUT2D eigenvalue weighted by Gasteiger charge is -2.28. The first kappa shape index (κ1) is 19.0. The Morgan fingerprint density at radius 3 is 2.31 bits per heavy atom. The van der Waals surface area contributed by atoms with E-state index in [-0.39, 0.29) is 18.4 Å². The quantitative estimate of drug-likeness (QED) is 0.451. The predicted octanol–water partition coefficient (Wildman–Crippen LogP) is 5.07. The molecule has 5 heteroatoms. The van der Waals surface area contributed by atoms with Crippen LogP contribution in [0.4, 0.5) is 0 Å². The maximum atomic E-state index is 13.3. The number of hydrogen-bond acceptors (Lipinski definition) is 3. The van der Waals surface area contributed by atoms with Crippen LogP contribution in [0.3, 0.4) is 0 Å². The summed E-state index contributed by atoms with van der Waals surface area (Å²) in [5, 5.41) is 0.585. The average molecular weight is 404 g/mol. The van der Waals surface area contributed by atoms with Gasteiger partial charge in [0.1, 0.15) is 5.75 Å². The van der Waals surface area contributed by atoms with E-state index in [2.05, 4.69) is 0 Å². The lowest BCUT2D eigenvalue weighted by atomic mass is 9.91. The standard InChI is InChI=1S/C24H18ClNO3/c1-29-19-11-9-16(10-12-19)15-26-23(27)21-8-3-2-7-20(21)22(24(26)28)14-17-5-4-6-18(25)13-17/h2-14H,15H2,1H3/b22-14-. The molecule has 1 aliphatic rings. The van der Waals surface area contributed by atoms with E-state index < -0.39 is 0 Å². The lowest BCUT2D eigenvalue weighted by Crippen LogP contribution is -2.41. The Hall–Kier alpha value is -3.37. The first-order valence-electron chi connectivity index (χ1n) is 9.12. The molecule has 0 unspecified atom stereocenters. The number of carbonyl (C=O) groups is 2. The number of carbonyl (C=O) groups excluding carboxylic acids is 2. The largest absolute Gasteiger partial charge is 0.497 e. The Morgan fingerprint density at radius 2 is 1.62 bits per heavy atom. The summed E-state index contributed by atoms with van der Waals surface area (Å²) in [5.41, 5.74) is 3.25. The lowest BCUT2D eigenvalue weighted by molar-refractivity contribution is -0.123. The summed E-state index contributed by atoms with van der Waals surface area (Å²) in [6.07, 6.45) is 1.78. The van der Waals surface area contributed by atoms with Crippen molar-refractivity contribution in [2.45, 2.75) is 6.54 Å². The highest BCUT2D eigenvalue weighted by molar-refractivity contribution is 6.34. The van der Waals surface area contributed by atoms with Gasteiger partial charge in [-0.15, -0.1) is 0 Å². The molecular formula is C24H18ClNO3. The van der Waals surface area contributed by atoms with Crippen LogP contribution in [-0.2, 0) is 11.3 Å². The van der Waals surface area contributed by atoms with Crippen LogP contribution in [-0.4, -0.2) is 23.8 Å². The summed E-state index contributed by atoms with van der Waals surface area (Å²) in [7, 11) is 1.59. The van der Waals surface area contributed by atoms with E-state index >= 15 is 0 Å². The fourth-order valence-electron chi connectivity index (χ4n) is 3.36. The minimum Gasteiger partial charge on any atom is -0.497 e. The summed E-state index contributed by atoms with van der Waals surface area (Å²) in [5.74, 6) is 0.0890. The van der Waals surface area contributed by atoms with Crippen molar-refractivity contribution in [1.82, 2.24) is 4.90 Å². The van der Waals surface area contributed by atoms with Crippen molar-refractivity contribution in [3.63, 3.8) is 0 Å². The molecule has 144 valence electrons. The van der Waals surface area contributed by atoms with Crippen molar-refractivity contribution < 1.29 is 14.3 Å². The molecule has 3 aromatic carbocycles. The minimum absolute atomic E-state index is 0.183. The number of benzene rings is 3. The van der Waals surface area contributed by atoms with Crippen LogP contribution in [0.1, 0.15) is 27.0 Å². The van der Waals surface area contributed by atoms with Crippen molar-refractivity contribution in [2.24, 2.45) is 0 Å². The van der Waals surface area contributed by atoms with Gasteiger partial charge >= 0.3 is 0 Å². The molecular weight excluding hydrogens is 386 g/mol. The van der Waals surface area contributed by atoms with Gasteiger partial charge < -0.3 is 4.74 Å². The van der Waals surface area contributed by atoms with Crippen LogP contribution in [0.2, 0.25) is 5.02 Å². The molecule has 0 atom stereocenters. The van der Waals surface area contributed by atoms with Gasteiger partial charge in [0.2, 0.25) is 0 Å². The zero-order valence-electron chi connectivity index (χ0n) is 15.8. The maximum Gasteiger partial charge on any atom is 0.261 e. The second-order valence-electron chi connectivity index (χ2n) is 6.70. The average Bonchev–Trinajstić information content (AvgIpc) is 2.75. The molecule has 0 saturated heterocycles. The van der Waals surface area contributed by atoms with Crippen LogP contribution >= 0.6 is 11.6 Å². The van der Waals surface area contributed by atoms with Crippen molar-refractivity contribution in [3.05, 3.63) is 100 Å². The first-order valence-corrected chi connectivity index (χ1v) is 9.50. The van der Waals surface area contributed by atoms with E-state index in [4.69, 9.17) is 16.3 Å². The number of imide groups is 1. The van der Waals surface area contributed by atoms with Gasteiger partial charge in [-0.2, -0.15) is 0 Å². The monoisotopic (exact) mass is 403 g/mol. The van der Waals surface area contributed by atoms with Crippen molar-refractivity contribution >= 4 is 35.1 Å². The Labute approximate surface area is 174 Å². The molecule has 4 nitrogen and oxygen atoms in total. The van der Waals surface area contributed by atoms with E-state index in [1.807, 2.05) is 42.5 Å². The zero-order valence-corrected chi connectivity index (χ0v) is 16.5. The third-order valence-electron chi connectivity index (χ3n) is 4.83. The summed E-state index contributed by atoms with van der Waals surface area (Å²) in [4.78, 5) is 27.6. The molecule has 0 aromatic heterocycles. The van der Waals surface area contributed by atoms with Crippen LogP contribution in [0, 0.1) is 0 Å². The minimum atomic E-state index is -0.329. The van der Waals surface area contributed by atoms with Gasteiger partial charge in [-0.1, -0.05) is 54.1 Å². The van der Waals surface area contributed by atoms with Crippen LogP contribution in [0.5, 0.6) is 5.75 Å². The SMILES string of the molecule is COc1ccc(CN2C(=O)/C(=C\c3cccc(Cl)c3)c3ccccc3C2=O)cc1. The van der Waals surface area contributed by atoms with Gasteiger partial charge in [0, 0.05) is 16.2 Å². The topological polar surface area (TPSA) is 46.6 Å². The summed E-state index contributed by atoms with van der Waals surface area (Å²) in [6.45, 7) is 0.183. The molecule has 1 heterocycles. The molecule has 0 aliphatic carbocycles. The van der Waals surface area contributed by atoms with Gasteiger partial charge in [-0.25, -0.2) is 0 Å². The van der Waals surface area contributed by atoms with Crippen molar-refractivity contribution in [2.75, 3.05) is 7.11 Å². The number of ether oxygens (including phenoxy) is 1. The van der Waals surface area contributed by atoms with Crippen LogP contribution < -0.4 is 4.74 Å².